The number of nitrogens with one attached hydrogen (secondary N) is 1. The molecule has 0 unspecified atom stereocenters. The molecule has 4 rings (SSSR count). The lowest BCUT2D eigenvalue weighted by Crippen LogP contribution is -2.40. The second kappa shape index (κ2) is 8.80. The summed E-state index contributed by atoms with van der Waals surface area (Å²) in [4.78, 5) is 12.9. The predicted molar refractivity (Wildman–Crippen MR) is 117 cm³/mol. The van der Waals surface area contributed by atoms with Crippen molar-refractivity contribution in [1.82, 2.24) is 14.1 Å². The molecule has 1 aliphatic heterocycles. The van der Waals surface area contributed by atoms with Crippen molar-refractivity contribution in [3.05, 3.63) is 70.9 Å². The highest BCUT2D eigenvalue weighted by Gasteiger charge is 2.26. The van der Waals surface area contributed by atoms with Crippen molar-refractivity contribution in [2.75, 3.05) is 31.6 Å². The summed E-state index contributed by atoms with van der Waals surface area (Å²) >= 11 is 6.08. The lowest BCUT2D eigenvalue weighted by molar-refractivity contribution is 0.0730. The van der Waals surface area contributed by atoms with Crippen LogP contribution in [0.25, 0.3) is 5.69 Å². The number of aromatic nitrogens is 2. The van der Waals surface area contributed by atoms with Gasteiger partial charge in [-0.2, -0.15) is 9.40 Å². The van der Waals surface area contributed by atoms with Crippen LogP contribution in [0.5, 0.6) is 0 Å². The fraction of sp³-hybridized carbons (Fsp3) is 0.238. The van der Waals surface area contributed by atoms with Crippen molar-refractivity contribution in [3.63, 3.8) is 0 Å². The van der Waals surface area contributed by atoms with Gasteiger partial charge in [-0.1, -0.05) is 17.7 Å². The Kier molecular flexibility index (Phi) is 6.10. The molecule has 1 aliphatic rings. The number of halogens is 1. The summed E-state index contributed by atoms with van der Waals surface area (Å²) < 4.78 is 33.7. The monoisotopic (exact) mass is 460 g/mol. The van der Waals surface area contributed by atoms with Crippen LogP contribution in [0.15, 0.2) is 59.5 Å². The van der Waals surface area contributed by atoms with Crippen LogP contribution >= 0.6 is 11.6 Å². The molecule has 0 saturated carbocycles. The van der Waals surface area contributed by atoms with Gasteiger partial charge in [0.1, 0.15) is 5.82 Å². The van der Waals surface area contributed by atoms with Gasteiger partial charge in [-0.15, -0.1) is 0 Å². The van der Waals surface area contributed by atoms with E-state index in [4.69, 9.17) is 16.3 Å². The number of hydrogen-bond acceptors (Lipinski definition) is 5. The molecule has 0 spiro atoms. The zero-order valence-electron chi connectivity index (χ0n) is 16.8. The van der Waals surface area contributed by atoms with Crippen LogP contribution in [-0.4, -0.2) is 54.7 Å². The van der Waals surface area contributed by atoms with Crippen molar-refractivity contribution in [3.8, 4) is 5.69 Å². The highest BCUT2D eigenvalue weighted by molar-refractivity contribution is 7.89. The minimum absolute atomic E-state index is 0.144. The summed E-state index contributed by atoms with van der Waals surface area (Å²) in [6.07, 6.45) is 0. The normalized spacial score (nSPS) is 15.0. The van der Waals surface area contributed by atoms with Gasteiger partial charge in [-0.3, -0.25) is 4.79 Å². The number of carbonyl (C=O) groups is 1. The maximum Gasteiger partial charge on any atom is 0.256 e. The molecule has 0 aliphatic carbocycles. The van der Waals surface area contributed by atoms with Crippen molar-refractivity contribution in [2.24, 2.45) is 0 Å². The van der Waals surface area contributed by atoms with Crippen LogP contribution in [0.3, 0.4) is 0 Å². The molecule has 1 N–H and O–H groups in total. The molecule has 0 atom stereocenters. The van der Waals surface area contributed by atoms with Gasteiger partial charge in [0.05, 0.1) is 29.5 Å². The lowest BCUT2D eigenvalue weighted by Gasteiger charge is -2.26. The SMILES string of the molecule is Cc1cc(NC(=O)c2ccc(S(=O)(=O)N3CCOCC3)cc2)n(-c2cccc(Cl)c2)n1. The number of aryl methyl sites for hydroxylation is 1. The van der Waals surface area contributed by atoms with E-state index in [1.807, 2.05) is 13.0 Å². The van der Waals surface area contributed by atoms with Crippen LogP contribution in [0.4, 0.5) is 5.82 Å². The molecule has 31 heavy (non-hydrogen) atoms. The first-order valence-electron chi connectivity index (χ1n) is 9.66. The smallest absolute Gasteiger partial charge is 0.256 e. The Hall–Kier alpha value is -2.72. The van der Waals surface area contributed by atoms with Gasteiger partial charge in [-0.25, -0.2) is 13.1 Å². The number of sulfonamides is 1. The van der Waals surface area contributed by atoms with Gasteiger partial charge in [-0.05, 0) is 49.4 Å². The van der Waals surface area contributed by atoms with E-state index in [2.05, 4.69) is 10.4 Å². The van der Waals surface area contributed by atoms with E-state index in [-0.39, 0.29) is 10.8 Å². The summed E-state index contributed by atoms with van der Waals surface area (Å²) in [7, 11) is -3.61. The van der Waals surface area contributed by atoms with E-state index in [0.717, 1.165) is 5.69 Å². The third-order valence-electron chi connectivity index (χ3n) is 4.85. The molecule has 10 heteroatoms. The van der Waals surface area contributed by atoms with Crippen molar-refractivity contribution < 1.29 is 17.9 Å². The van der Waals surface area contributed by atoms with Crippen LogP contribution in [0.2, 0.25) is 5.02 Å². The minimum Gasteiger partial charge on any atom is -0.379 e. The molecule has 1 aromatic heterocycles. The maximum absolute atomic E-state index is 12.8. The average molecular weight is 461 g/mol. The largest absolute Gasteiger partial charge is 0.379 e. The minimum atomic E-state index is -3.61. The molecule has 162 valence electrons. The van der Waals surface area contributed by atoms with E-state index in [1.54, 1.807) is 28.9 Å². The quantitative estimate of drug-likeness (QED) is 0.631. The molecular weight excluding hydrogens is 440 g/mol. The van der Waals surface area contributed by atoms with Crippen molar-refractivity contribution >= 4 is 33.3 Å². The molecule has 2 heterocycles. The van der Waals surface area contributed by atoms with Crippen LogP contribution in [-0.2, 0) is 14.8 Å². The Morgan fingerprint density at radius 3 is 2.48 bits per heavy atom. The number of hydrogen-bond donors (Lipinski definition) is 1. The summed E-state index contributed by atoms with van der Waals surface area (Å²) in [5.74, 6) is 0.105. The number of rotatable bonds is 5. The zero-order chi connectivity index (χ0) is 22.0. The third-order valence-corrected chi connectivity index (χ3v) is 7.00. The molecule has 0 bridgehead atoms. The number of benzene rings is 2. The Labute approximate surface area is 185 Å². The summed E-state index contributed by atoms with van der Waals surface area (Å²) in [5, 5.41) is 7.80. The van der Waals surface area contributed by atoms with Crippen LogP contribution in [0, 0.1) is 6.92 Å². The van der Waals surface area contributed by atoms with Gasteiger partial charge in [0.25, 0.3) is 5.91 Å². The summed E-state index contributed by atoms with van der Waals surface area (Å²) in [5.41, 5.74) is 1.77. The third kappa shape index (κ3) is 4.64. The number of nitrogens with zero attached hydrogens (tertiary/aromatic N) is 3. The number of amides is 1. The first-order chi connectivity index (χ1) is 14.8. The number of ether oxygens (including phenoxy) is 1. The van der Waals surface area contributed by atoms with Crippen molar-refractivity contribution in [1.29, 1.82) is 0 Å². The number of anilines is 1. The van der Waals surface area contributed by atoms with E-state index >= 15 is 0 Å². The Morgan fingerprint density at radius 1 is 1.10 bits per heavy atom. The maximum atomic E-state index is 12.8. The molecular formula is C21H21ClN4O4S. The molecule has 8 nitrogen and oxygen atoms in total. The first kappa shape index (κ1) is 21.5. The van der Waals surface area contributed by atoms with Crippen LogP contribution in [0.1, 0.15) is 16.1 Å². The Balaban J connectivity index is 1.54. The molecule has 3 aromatic rings. The first-order valence-corrected chi connectivity index (χ1v) is 11.5. The zero-order valence-corrected chi connectivity index (χ0v) is 18.4. The average Bonchev–Trinajstić information content (AvgIpc) is 3.14. The second-order valence-corrected chi connectivity index (χ2v) is 9.43. The molecule has 1 amide bonds. The Bertz CT molecular complexity index is 1200. The molecule has 1 fully saturated rings. The standard InChI is InChI=1S/C21H21ClN4O4S/c1-15-13-20(26(24-15)18-4-2-3-17(22)14-18)23-21(27)16-5-7-19(8-6-16)31(28,29)25-9-11-30-12-10-25/h2-8,13-14H,9-12H2,1H3,(H,23,27). The van der Waals surface area contributed by atoms with E-state index in [1.165, 1.54) is 28.6 Å². The lowest BCUT2D eigenvalue weighted by atomic mass is 10.2. The van der Waals surface area contributed by atoms with Gasteiger partial charge in [0.15, 0.2) is 0 Å². The summed E-state index contributed by atoms with van der Waals surface area (Å²) in [6.45, 7) is 3.20. The fourth-order valence-electron chi connectivity index (χ4n) is 3.30. The highest BCUT2D eigenvalue weighted by atomic mass is 35.5. The highest BCUT2D eigenvalue weighted by Crippen LogP contribution is 2.22. The van der Waals surface area contributed by atoms with E-state index in [0.29, 0.717) is 48.4 Å². The second-order valence-electron chi connectivity index (χ2n) is 7.06. The topological polar surface area (TPSA) is 93.5 Å². The number of carbonyl (C=O) groups excluding carboxylic acids is 1. The van der Waals surface area contributed by atoms with E-state index in [9.17, 15) is 13.2 Å². The number of morpholine rings is 1. The van der Waals surface area contributed by atoms with Gasteiger partial charge in [0, 0.05) is 29.7 Å². The Morgan fingerprint density at radius 2 is 1.81 bits per heavy atom. The predicted octanol–water partition coefficient (Wildman–Crippen LogP) is 3.11. The van der Waals surface area contributed by atoms with E-state index < -0.39 is 10.0 Å². The molecule has 1 saturated heterocycles. The fourth-order valence-corrected chi connectivity index (χ4v) is 4.89. The summed E-state index contributed by atoms with van der Waals surface area (Å²) in [6, 6.07) is 14.8. The molecule has 0 radical (unpaired) electrons. The van der Waals surface area contributed by atoms with Gasteiger partial charge < -0.3 is 10.1 Å². The van der Waals surface area contributed by atoms with Gasteiger partial charge >= 0.3 is 0 Å². The van der Waals surface area contributed by atoms with Crippen LogP contribution < -0.4 is 5.32 Å². The van der Waals surface area contributed by atoms with Crippen molar-refractivity contribution in [2.45, 2.75) is 11.8 Å². The molecule has 2 aromatic carbocycles. The van der Waals surface area contributed by atoms with Gasteiger partial charge in [0.2, 0.25) is 10.0 Å².